The fourth-order valence-electron chi connectivity index (χ4n) is 14.6. The van der Waals surface area contributed by atoms with Crippen molar-refractivity contribution in [1.82, 2.24) is 10.2 Å². The molecule has 9 atom stereocenters. The Morgan fingerprint density at radius 2 is 1.59 bits per heavy atom. The highest BCUT2D eigenvalue weighted by molar-refractivity contribution is 7.91. The third kappa shape index (κ3) is 6.01. The van der Waals surface area contributed by atoms with Crippen LogP contribution in [0.2, 0.25) is 0 Å². The number of carbonyl (C=O) groups excluding carboxylic acids is 1. The second-order valence-corrected chi connectivity index (χ2v) is 22.2. The van der Waals surface area contributed by atoms with E-state index < -0.39 is 9.84 Å². The van der Waals surface area contributed by atoms with E-state index in [4.69, 9.17) is 4.74 Å². The van der Waals surface area contributed by atoms with Gasteiger partial charge < -0.3 is 15.0 Å². The molecule has 0 aromatic heterocycles. The summed E-state index contributed by atoms with van der Waals surface area (Å²) in [4.78, 5) is 13.4. The minimum Gasteiger partial charge on any atom is -0.429 e. The molecule has 1 aromatic carbocycles. The van der Waals surface area contributed by atoms with Crippen molar-refractivity contribution in [3.05, 3.63) is 35.9 Å². The normalized spacial score (nSPS) is 41.2. The molecule has 7 rings (SSSR count). The predicted octanol–water partition coefficient (Wildman–Crippen LogP) is 8.80. The van der Waals surface area contributed by atoms with Gasteiger partial charge in [-0.25, -0.2) is 8.42 Å². The molecule has 0 unspecified atom stereocenters. The SMILES string of the molecule is CC(C)[C@@H]1CC[C@]2(NCCN3CCC(S(C)(=O)=O)CC3)CC[C@]3(C)[C@H](CC[C@@H]4[C@@]5(C)CC=C(c6ccc(OC=O)cc6)C(C)(C)[C@@H]5CC[C@]43C)[C@@H]12. The van der Waals surface area contributed by atoms with E-state index in [-0.39, 0.29) is 21.6 Å². The molecule has 1 heterocycles. The van der Waals surface area contributed by atoms with Gasteiger partial charge in [0, 0.05) is 24.9 Å². The van der Waals surface area contributed by atoms with Crippen molar-refractivity contribution in [2.45, 2.75) is 130 Å². The van der Waals surface area contributed by atoms with Crippen LogP contribution in [-0.2, 0) is 14.6 Å². The average Bonchev–Trinajstić information content (AvgIpc) is 3.45. The van der Waals surface area contributed by atoms with Gasteiger partial charge in [-0.3, -0.25) is 4.79 Å². The third-order valence-corrected chi connectivity index (χ3v) is 19.0. The molecule has 1 aliphatic heterocycles. The number of rotatable bonds is 9. The maximum Gasteiger partial charge on any atom is 0.298 e. The number of hydrogen-bond acceptors (Lipinski definition) is 6. The van der Waals surface area contributed by atoms with E-state index in [1.165, 1.54) is 68.8 Å². The Labute approximate surface area is 310 Å². The first-order valence-corrected chi connectivity index (χ1v) is 22.5. The van der Waals surface area contributed by atoms with Crippen molar-refractivity contribution >= 4 is 21.9 Å². The number of fused-ring (bicyclic) bond motifs is 7. The van der Waals surface area contributed by atoms with E-state index in [2.05, 4.69) is 76.9 Å². The number of carbonyl (C=O) groups is 1. The molecular formula is C44H68N2O4S. The highest BCUT2D eigenvalue weighted by Gasteiger charge is 2.70. The molecule has 0 radical (unpaired) electrons. The highest BCUT2D eigenvalue weighted by atomic mass is 32.2. The van der Waals surface area contributed by atoms with Gasteiger partial charge in [-0.2, -0.15) is 0 Å². The Hall–Kier alpha value is -1.70. The molecule has 284 valence electrons. The van der Waals surface area contributed by atoms with Crippen molar-refractivity contribution in [3.8, 4) is 5.75 Å². The second-order valence-electron chi connectivity index (χ2n) is 19.9. The predicted molar refractivity (Wildman–Crippen MR) is 208 cm³/mol. The molecule has 1 N–H and O–H groups in total. The second kappa shape index (κ2) is 13.3. The van der Waals surface area contributed by atoms with Crippen molar-refractivity contribution in [1.29, 1.82) is 0 Å². The number of likely N-dealkylation sites (tertiary alicyclic amines) is 1. The summed E-state index contributed by atoms with van der Waals surface area (Å²) in [5.74, 6) is 4.94. The van der Waals surface area contributed by atoms with Gasteiger partial charge in [0.1, 0.15) is 15.6 Å². The summed E-state index contributed by atoms with van der Waals surface area (Å²) in [6, 6.07) is 8.15. The quantitative estimate of drug-likeness (QED) is 0.257. The Morgan fingerprint density at radius 1 is 0.882 bits per heavy atom. The van der Waals surface area contributed by atoms with E-state index in [1.807, 2.05) is 12.1 Å². The minimum absolute atomic E-state index is 0.0685. The molecule has 51 heavy (non-hydrogen) atoms. The fraction of sp³-hybridized carbons (Fsp3) is 0.795. The Kier molecular flexibility index (Phi) is 9.77. The average molecular weight is 721 g/mol. The summed E-state index contributed by atoms with van der Waals surface area (Å²) in [6.45, 7) is 22.6. The number of hydrogen-bond donors (Lipinski definition) is 1. The molecule has 0 bridgehead atoms. The fourth-order valence-corrected chi connectivity index (χ4v) is 15.7. The first-order valence-electron chi connectivity index (χ1n) is 20.6. The lowest BCUT2D eigenvalue weighted by Gasteiger charge is -2.72. The zero-order chi connectivity index (χ0) is 36.6. The van der Waals surface area contributed by atoms with Crippen LogP contribution in [0.25, 0.3) is 5.57 Å². The van der Waals surface area contributed by atoms with Crippen LogP contribution in [0.1, 0.15) is 125 Å². The standard InChI is InChI=1S/C44H68N2O4S/c1-30(2)34-15-22-44(45-25-28-46-26-18-33(19-27-46)51(8,48)49)24-23-42(6)36(39(34)44)13-14-38-41(5)20-16-35(31-9-11-32(12-10-31)50-29-47)40(3,4)37(41)17-21-43(38,42)7/h9-12,16,29-30,33-34,36-39,45H,13-15,17-28H2,1-8H3/t34-,36+,37-,38+,39+,41-,42+,43+,44-/m0/s1. The molecular weight excluding hydrogens is 653 g/mol. The molecule has 0 amide bonds. The van der Waals surface area contributed by atoms with Gasteiger partial charge in [0.2, 0.25) is 0 Å². The Morgan fingerprint density at radius 3 is 2.24 bits per heavy atom. The maximum absolute atomic E-state index is 12.1. The van der Waals surface area contributed by atoms with Crippen LogP contribution >= 0.6 is 0 Å². The van der Waals surface area contributed by atoms with E-state index in [0.717, 1.165) is 69.1 Å². The number of allylic oxidation sites excluding steroid dienone is 2. The van der Waals surface area contributed by atoms with Crippen LogP contribution in [0.4, 0.5) is 0 Å². The van der Waals surface area contributed by atoms with Crippen LogP contribution in [-0.4, -0.2) is 63.0 Å². The zero-order valence-corrected chi connectivity index (χ0v) is 33.9. The number of piperidine rings is 1. The summed E-state index contributed by atoms with van der Waals surface area (Å²) >= 11 is 0. The van der Waals surface area contributed by atoms with E-state index >= 15 is 0 Å². The van der Waals surface area contributed by atoms with Crippen molar-refractivity contribution < 1.29 is 17.9 Å². The van der Waals surface area contributed by atoms with Crippen molar-refractivity contribution in [2.24, 2.45) is 57.2 Å². The van der Waals surface area contributed by atoms with Crippen molar-refractivity contribution in [3.63, 3.8) is 0 Å². The topological polar surface area (TPSA) is 75.7 Å². The zero-order valence-electron chi connectivity index (χ0n) is 33.1. The van der Waals surface area contributed by atoms with Crippen LogP contribution in [0.3, 0.4) is 0 Å². The van der Waals surface area contributed by atoms with Gasteiger partial charge in [0.05, 0.1) is 5.25 Å². The number of nitrogens with one attached hydrogen (secondary N) is 1. The van der Waals surface area contributed by atoms with E-state index in [1.54, 1.807) is 0 Å². The van der Waals surface area contributed by atoms with Gasteiger partial charge in [-0.1, -0.05) is 66.7 Å². The summed E-state index contributed by atoms with van der Waals surface area (Å²) in [6.07, 6.45) is 17.4. The maximum atomic E-state index is 12.1. The molecule has 1 aromatic rings. The summed E-state index contributed by atoms with van der Waals surface area (Å²) in [5.41, 5.74) is 3.98. The molecule has 4 saturated carbocycles. The number of sulfone groups is 1. The largest absolute Gasteiger partial charge is 0.429 e. The van der Waals surface area contributed by atoms with Gasteiger partial charge in [0.15, 0.2) is 0 Å². The first kappa shape index (κ1) is 37.6. The van der Waals surface area contributed by atoms with Gasteiger partial charge in [-0.05, 0) is 164 Å². The molecule has 7 heteroatoms. The minimum atomic E-state index is -2.94. The van der Waals surface area contributed by atoms with Crippen LogP contribution in [0.15, 0.2) is 30.3 Å². The molecule has 6 nitrogen and oxygen atoms in total. The third-order valence-electron chi connectivity index (χ3n) is 17.3. The van der Waals surface area contributed by atoms with Crippen molar-refractivity contribution in [2.75, 3.05) is 32.4 Å². The lowest BCUT2D eigenvalue weighted by molar-refractivity contribution is -0.221. The number of benzene rings is 1. The Balaban J connectivity index is 1.11. The van der Waals surface area contributed by atoms with Gasteiger partial charge in [-0.15, -0.1) is 0 Å². The Bertz CT molecular complexity index is 1590. The van der Waals surface area contributed by atoms with Gasteiger partial charge in [0.25, 0.3) is 6.47 Å². The van der Waals surface area contributed by atoms with Crippen LogP contribution < -0.4 is 10.1 Å². The summed E-state index contributed by atoms with van der Waals surface area (Å²) < 4.78 is 29.4. The molecule has 0 spiro atoms. The smallest absolute Gasteiger partial charge is 0.298 e. The molecule has 5 aliphatic carbocycles. The van der Waals surface area contributed by atoms with E-state index in [9.17, 15) is 13.2 Å². The number of ether oxygens (including phenoxy) is 1. The van der Waals surface area contributed by atoms with E-state index in [0.29, 0.717) is 34.9 Å². The molecule has 6 aliphatic rings. The first-order chi connectivity index (χ1) is 24.0. The molecule has 5 fully saturated rings. The summed E-state index contributed by atoms with van der Waals surface area (Å²) in [7, 11) is -2.94. The lowest BCUT2D eigenvalue weighted by atomic mass is 9.33. The lowest BCUT2D eigenvalue weighted by Crippen LogP contribution is -2.68. The van der Waals surface area contributed by atoms with Gasteiger partial charge >= 0.3 is 0 Å². The molecule has 1 saturated heterocycles. The summed E-state index contributed by atoms with van der Waals surface area (Å²) in [5, 5.41) is 4.15. The number of nitrogens with zero attached hydrogens (tertiary/aromatic N) is 1. The highest BCUT2D eigenvalue weighted by Crippen LogP contribution is 2.76. The monoisotopic (exact) mass is 720 g/mol. The van der Waals surface area contributed by atoms with Crippen LogP contribution in [0.5, 0.6) is 5.75 Å². The van der Waals surface area contributed by atoms with Crippen LogP contribution in [0, 0.1) is 57.2 Å².